The minimum Gasteiger partial charge on any atom is -0.464 e. The van der Waals surface area contributed by atoms with Crippen LogP contribution in [-0.4, -0.2) is 25.8 Å². The first kappa shape index (κ1) is 14.2. The number of ether oxygens (including phenoxy) is 1. The van der Waals surface area contributed by atoms with Crippen molar-refractivity contribution in [3.05, 3.63) is 30.5 Å². The molecule has 0 unspecified atom stereocenters. The summed E-state index contributed by atoms with van der Waals surface area (Å²) in [5.74, 6) is 0. The van der Waals surface area contributed by atoms with E-state index in [4.69, 9.17) is 13.8 Å². The van der Waals surface area contributed by atoms with Crippen molar-refractivity contribution in [1.29, 1.82) is 0 Å². The molecule has 0 bridgehead atoms. The highest BCUT2D eigenvalue weighted by Crippen LogP contribution is 2.27. The van der Waals surface area contributed by atoms with Crippen LogP contribution in [0.5, 0.6) is 0 Å². The van der Waals surface area contributed by atoms with Gasteiger partial charge in [-0.25, -0.2) is 0 Å². The van der Waals surface area contributed by atoms with Crippen molar-refractivity contribution in [2.24, 2.45) is 0 Å². The van der Waals surface area contributed by atoms with Crippen LogP contribution in [0, 0.1) is 0 Å². The third kappa shape index (κ3) is 2.85. The van der Waals surface area contributed by atoms with Gasteiger partial charge in [-0.05, 0) is 39.8 Å². The fourth-order valence-corrected chi connectivity index (χ4v) is 1.79. The molecule has 0 aliphatic carbocycles. The second kappa shape index (κ2) is 5.02. The molecule has 1 aromatic carbocycles. The van der Waals surface area contributed by atoms with Crippen molar-refractivity contribution in [3.8, 4) is 0 Å². The van der Waals surface area contributed by atoms with E-state index in [2.05, 4.69) is 6.07 Å². The molecule has 19 heavy (non-hydrogen) atoms. The molecular weight excluding hydrogens is 239 g/mol. The number of hydrogen-bond donors (Lipinski definition) is 0. The zero-order valence-electron chi connectivity index (χ0n) is 12.3. The van der Waals surface area contributed by atoms with Gasteiger partial charge in [-0.1, -0.05) is 17.6 Å². The third-order valence-corrected chi connectivity index (χ3v) is 4.08. The molecule has 0 radical (unpaired) electrons. The average Bonchev–Trinajstić information content (AvgIpc) is 2.83. The Morgan fingerprint density at radius 3 is 2.47 bits per heavy atom. The van der Waals surface area contributed by atoms with Crippen molar-refractivity contribution >= 4 is 23.9 Å². The van der Waals surface area contributed by atoms with Gasteiger partial charge in [0.2, 0.25) is 0 Å². The maximum absolute atomic E-state index is 6.04. The average molecular weight is 260 g/mol. The van der Waals surface area contributed by atoms with Gasteiger partial charge in [-0.15, -0.1) is 0 Å². The molecule has 0 aliphatic rings. The van der Waals surface area contributed by atoms with Crippen LogP contribution in [0.2, 0.25) is 0 Å². The summed E-state index contributed by atoms with van der Waals surface area (Å²) in [7, 11) is 2.27. The number of methoxy groups -OCH3 is 1. The molecule has 2 rings (SSSR count). The summed E-state index contributed by atoms with van der Waals surface area (Å²) < 4.78 is 16.9. The second-order valence-corrected chi connectivity index (χ2v) is 5.81. The summed E-state index contributed by atoms with van der Waals surface area (Å²) in [6.07, 6.45) is 1.70. The first-order valence-corrected chi connectivity index (χ1v) is 6.51. The molecule has 0 aliphatic heterocycles. The van der Waals surface area contributed by atoms with Crippen molar-refractivity contribution in [2.45, 2.75) is 38.9 Å². The monoisotopic (exact) mass is 260 g/mol. The Bertz CT molecular complexity index is 557. The Hall–Kier alpha value is -1.26. The van der Waals surface area contributed by atoms with Crippen LogP contribution < -0.4 is 5.46 Å². The van der Waals surface area contributed by atoms with E-state index in [0.717, 1.165) is 16.4 Å². The number of furan rings is 1. The Morgan fingerprint density at radius 1 is 1.05 bits per heavy atom. The molecule has 3 nitrogen and oxygen atoms in total. The smallest absolute Gasteiger partial charge is 0.309 e. The highest BCUT2D eigenvalue weighted by atomic mass is 16.5. The Kier molecular flexibility index (Phi) is 3.74. The summed E-state index contributed by atoms with van der Waals surface area (Å²) in [5.41, 5.74) is 1.33. The van der Waals surface area contributed by atoms with Gasteiger partial charge < -0.3 is 13.8 Å². The predicted molar refractivity (Wildman–Crippen MR) is 79.2 cm³/mol. The molecule has 0 saturated heterocycles. The first-order valence-electron chi connectivity index (χ1n) is 6.51. The fourth-order valence-electron chi connectivity index (χ4n) is 1.79. The largest absolute Gasteiger partial charge is 0.464 e. The van der Waals surface area contributed by atoms with E-state index in [0.29, 0.717) is 7.48 Å². The first-order chi connectivity index (χ1) is 8.86. The van der Waals surface area contributed by atoms with Gasteiger partial charge in [0.05, 0.1) is 17.5 Å². The van der Waals surface area contributed by atoms with Gasteiger partial charge in [-0.3, -0.25) is 0 Å². The fraction of sp³-hybridized carbons (Fsp3) is 0.467. The molecule has 4 heteroatoms. The van der Waals surface area contributed by atoms with Gasteiger partial charge in [-0.2, -0.15) is 0 Å². The minimum absolute atomic E-state index is 0.341. The Balaban J connectivity index is 2.09. The van der Waals surface area contributed by atoms with E-state index < -0.39 is 0 Å². The molecule has 0 saturated carbocycles. The second-order valence-electron chi connectivity index (χ2n) is 5.81. The molecule has 1 aromatic heterocycles. The molecule has 102 valence electrons. The van der Waals surface area contributed by atoms with Gasteiger partial charge >= 0.3 is 7.48 Å². The lowest BCUT2D eigenvalue weighted by atomic mass is 9.82. The van der Waals surface area contributed by atoms with E-state index >= 15 is 0 Å². The van der Waals surface area contributed by atoms with Crippen molar-refractivity contribution in [3.63, 3.8) is 0 Å². The third-order valence-electron chi connectivity index (χ3n) is 4.08. The van der Waals surface area contributed by atoms with Gasteiger partial charge in [0.1, 0.15) is 5.58 Å². The zero-order chi connectivity index (χ0) is 14.1. The van der Waals surface area contributed by atoms with E-state index in [1.165, 1.54) is 0 Å². The molecule has 2 aromatic rings. The number of rotatable bonds is 5. The van der Waals surface area contributed by atoms with Crippen LogP contribution >= 0.6 is 0 Å². The van der Waals surface area contributed by atoms with Crippen LogP contribution in [-0.2, 0) is 9.39 Å². The standard InChI is InChI=1S/C15H21BO3/c1-14(2,17-5)15(3,4)19-16-12-6-7-13-11(10-12)8-9-18-13/h6-10,16H,1-5H3. The van der Waals surface area contributed by atoms with Gasteiger partial charge in [0.25, 0.3) is 0 Å². The Morgan fingerprint density at radius 2 is 1.79 bits per heavy atom. The summed E-state index contributed by atoms with van der Waals surface area (Å²) >= 11 is 0. The molecule has 0 amide bonds. The lowest BCUT2D eigenvalue weighted by molar-refractivity contribution is -0.114. The van der Waals surface area contributed by atoms with Crippen LogP contribution in [0.25, 0.3) is 11.0 Å². The predicted octanol–water partition coefficient (Wildman–Crippen LogP) is 2.63. The highest BCUT2D eigenvalue weighted by Gasteiger charge is 2.37. The van der Waals surface area contributed by atoms with E-state index in [9.17, 15) is 0 Å². The van der Waals surface area contributed by atoms with Crippen molar-refractivity contribution in [2.75, 3.05) is 7.11 Å². The molecule has 0 N–H and O–H groups in total. The minimum atomic E-state index is -0.368. The van der Waals surface area contributed by atoms with Crippen molar-refractivity contribution in [1.82, 2.24) is 0 Å². The van der Waals surface area contributed by atoms with Gasteiger partial charge in [0, 0.05) is 12.5 Å². The molecule has 0 atom stereocenters. The van der Waals surface area contributed by atoms with Gasteiger partial charge in [0.15, 0.2) is 0 Å². The quantitative estimate of drug-likeness (QED) is 0.774. The van der Waals surface area contributed by atoms with E-state index in [1.807, 2.05) is 45.9 Å². The topological polar surface area (TPSA) is 31.6 Å². The number of hydrogen-bond acceptors (Lipinski definition) is 3. The number of benzene rings is 1. The Labute approximate surface area is 115 Å². The normalized spacial score (nSPS) is 12.9. The van der Waals surface area contributed by atoms with Crippen LogP contribution in [0.3, 0.4) is 0 Å². The summed E-state index contributed by atoms with van der Waals surface area (Å²) in [6.45, 7) is 8.16. The zero-order valence-corrected chi connectivity index (χ0v) is 12.3. The summed E-state index contributed by atoms with van der Waals surface area (Å²) in [5, 5.41) is 1.10. The highest BCUT2D eigenvalue weighted by molar-refractivity contribution is 6.47. The van der Waals surface area contributed by atoms with E-state index in [1.54, 1.807) is 13.4 Å². The van der Waals surface area contributed by atoms with Crippen LogP contribution in [0.15, 0.2) is 34.9 Å². The van der Waals surface area contributed by atoms with Crippen LogP contribution in [0.4, 0.5) is 0 Å². The molecule has 0 spiro atoms. The molecule has 1 heterocycles. The number of fused-ring (bicyclic) bond motifs is 1. The lowest BCUT2D eigenvalue weighted by Gasteiger charge is -2.40. The maximum Gasteiger partial charge on any atom is 0.309 e. The van der Waals surface area contributed by atoms with Crippen LogP contribution in [0.1, 0.15) is 27.7 Å². The maximum atomic E-state index is 6.04. The molecular formula is C15H21BO3. The summed E-state index contributed by atoms with van der Waals surface area (Å²) in [4.78, 5) is 0. The SMILES string of the molecule is COC(C)(C)C(C)(C)OBc1ccc2occc2c1. The van der Waals surface area contributed by atoms with Crippen molar-refractivity contribution < 1.29 is 13.8 Å². The summed E-state index contributed by atoms with van der Waals surface area (Å²) in [6, 6.07) is 8.06. The van der Waals surface area contributed by atoms with E-state index in [-0.39, 0.29) is 11.2 Å². The lowest BCUT2D eigenvalue weighted by Crippen LogP contribution is -2.50. The molecule has 0 fully saturated rings.